The average molecular weight is 388 g/mol. The summed E-state index contributed by atoms with van der Waals surface area (Å²) in [5, 5.41) is 9.30. The molecule has 3 rings (SSSR count). The van der Waals surface area contributed by atoms with Crippen molar-refractivity contribution in [2.75, 3.05) is 13.1 Å². The number of halogens is 1. The van der Waals surface area contributed by atoms with E-state index in [-0.39, 0.29) is 11.3 Å². The number of hydrogen-bond acceptors (Lipinski definition) is 3. The first-order valence-electron chi connectivity index (χ1n) is 8.53. The molecule has 0 saturated carbocycles. The Balaban J connectivity index is 1.73. The average Bonchev–Trinajstić information content (AvgIpc) is 2.69. The molecule has 27 heavy (non-hydrogen) atoms. The van der Waals surface area contributed by atoms with Gasteiger partial charge in [-0.3, -0.25) is 9.35 Å². The second-order valence-electron chi connectivity index (χ2n) is 6.41. The van der Waals surface area contributed by atoms with Crippen LogP contribution in [0, 0.1) is 5.39 Å². The van der Waals surface area contributed by atoms with Crippen LogP contribution in [0.15, 0.2) is 65.9 Å². The van der Waals surface area contributed by atoms with Crippen LogP contribution in [0.4, 0.5) is 3.89 Å². The predicted molar refractivity (Wildman–Crippen MR) is 102 cm³/mol. The molecule has 1 fully saturated rings. The lowest BCUT2D eigenvalue weighted by Gasteiger charge is -2.30. The van der Waals surface area contributed by atoms with Gasteiger partial charge in [-0.05, 0) is 48.6 Å². The summed E-state index contributed by atoms with van der Waals surface area (Å²) in [7, 11) is -4.57. The van der Waals surface area contributed by atoms with Crippen LogP contribution in [-0.2, 0) is 15.0 Å². The third-order valence-electron chi connectivity index (χ3n) is 4.77. The van der Waals surface area contributed by atoms with Crippen molar-refractivity contribution in [3.8, 4) is 0 Å². The van der Waals surface area contributed by atoms with Gasteiger partial charge in [-0.25, -0.2) is 4.21 Å². The summed E-state index contributed by atoms with van der Waals surface area (Å²) in [5.74, 6) is -0.0481. The number of amides is 1. The number of hydrogen-bond donors (Lipinski definition) is 1. The Morgan fingerprint density at radius 2 is 1.74 bits per heavy atom. The van der Waals surface area contributed by atoms with Gasteiger partial charge < -0.3 is 4.90 Å². The minimum Gasteiger partial charge on any atom is -0.332 e. The second kappa shape index (κ2) is 7.86. The summed E-state index contributed by atoms with van der Waals surface area (Å²) in [5.41, 5.74) is 1.32. The molecule has 1 aliphatic carbocycles. The summed E-state index contributed by atoms with van der Waals surface area (Å²) in [6, 6.07) is 10.1. The normalized spacial score (nSPS) is 19.5. The maximum absolute atomic E-state index is 13.1. The van der Waals surface area contributed by atoms with E-state index in [2.05, 4.69) is 17.1 Å². The van der Waals surface area contributed by atoms with Gasteiger partial charge in [-0.1, -0.05) is 30.3 Å². The molecular formula is C19H19FN3O3S+. The quantitative estimate of drug-likeness (QED) is 0.364. The summed E-state index contributed by atoms with van der Waals surface area (Å²) in [4.78, 5) is 17.0. The van der Waals surface area contributed by atoms with Gasteiger partial charge >= 0.3 is 11.6 Å². The number of rotatable bonds is 2. The zero-order valence-corrected chi connectivity index (χ0v) is 15.3. The minimum absolute atomic E-state index is 0.178. The fourth-order valence-corrected chi connectivity index (χ4v) is 3.77. The van der Waals surface area contributed by atoms with E-state index in [1.807, 2.05) is 18.2 Å². The van der Waals surface area contributed by atoms with Crippen LogP contribution in [0.25, 0.3) is 4.98 Å². The number of diazo groups is 1. The Kier molecular flexibility index (Phi) is 5.54. The van der Waals surface area contributed by atoms with Gasteiger partial charge in [0.25, 0.3) is 0 Å². The molecule has 8 heteroatoms. The van der Waals surface area contributed by atoms with E-state index in [4.69, 9.17) is 4.55 Å². The predicted octanol–water partition coefficient (Wildman–Crippen LogP) is 3.44. The van der Waals surface area contributed by atoms with E-state index in [0.29, 0.717) is 19.0 Å². The largest absolute Gasteiger partial charge is 0.455 e. The Morgan fingerprint density at radius 1 is 1.15 bits per heavy atom. The maximum Gasteiger partial charge on any atom is 0.455 e. The van der Waals surface area contributed by atoms with Crippen molar-refractivity contribution in [2.45, 2.75) is 18.8 Å². The van der Waals surface area contributed by atoms with Crippen molar-refractivity contribution in [1.82, 2.24) is 4.90 Å². The summed E-state index contributed by atoms with van der Waals surface area (Å²) in [6.45, 7) is 1.06. The van der Waals surface area contributed by atoms with Crippen LogP contribution in [-0.4, -0.2) is 37.5 Å². The summed E-state index contributed by atoms with van der Waals surface area (Å²) < 4.78 is 33.0. The number of allylic oxidation sites excluding steroid dienone is 5. The zero-order valence-electron chi connectivity index (χ0n) is 14.5. The van der Waals surface area contributed by atoms with Crippen LogP contribution < -0.4 is 0 Å². The molecule has 1 saturated heterocycles. The molecule has 140 valence electrons. The Bertz CT molecular complexity index is 965. The molecule has 0 radical (unpaired) electrons. The van der Waals surface area contributed by atoms with Crippen LogP contribution >= 0.6 is 0 Å². The molecule has 1 atom stereocenters. The molecule has 6 nitrogen and oxygen atoms in total. The van der Waals surface area contributed by atoms with Crippen LogP contribution in [0.1, 0.15) is 24.3 Å². The third-order valence-corrected chi connectivity index (χ3v) is 5.63. The number of likely N-dealkylation sites (tertiary alicyclic amines) is 1. The van der Waals surface area contributed by atoms with E-state index in [1.54, 1.807) is 4.90 Å². The van der Waals surface area contributed by atoms with Gasteiger partial charge in [0, 0.05) is 13.1 Å². The molecule has 1 aliphatic heterocycles. The fourth-order valence-electron chi connectivity index (χ4n) is 3.30. The van der Waals surface area contributed by atoms with Crippen molar-refractivity contribution in [1.29, 1.82) is 5.39 Å². The van der Waals surface area contributed by atoms with Crippen molar-refractivity contribution in [3.05, 3.63) is 76.4 Å². The van der Waals surface area contributed by atoms with Gasteiger partial charge in [-0.15, -0.1) is 3.89 Å². The van der Waals surface area contributed by atoms with Crippen molar-refractivity contribution >= 4 is 21.0 Å². The van der Waals surface area contributed by atoms with E-state index in [9.17, 15) is 18.3 Å². The smallest absolute Gasteiger partial charge is 0.332 e. The Hall–Kier alpha value is -2.76. The van der Waals surface area contributed by atoms with Gasteiger partial charge in [0.2, 0.25) is 15.6 Å². The number of piperidine rings is 1. The number of carbonyl (C=O) groups is 1. The van der Waals surface area contributed by atoms with E-state index < -0.39 is 21.0 Å². The molecule has 1 aromatic carbocycles. The number of nitrogens with zero attached hydrogens (tertiary/aromatic N) is 3. The van der Waals surface area contributed by atoms with Crippen LogP contribution in [0.2, 0.25) is 0 Å². The molecule has 0 bridgehead atoms. The molecule has 1 amide bonds. The molecule has 1 heterocycles. The van der Waals surface area contributed by atoms with Gasteiger partial charge in [0.1, 0.15) is 0 Å². The van der Waals surface area contributed by atoms with Gasteiger partial charge in [-0.2, -0.15) is 0 Å². The molecule has 1 aromatic rings. The SMILES string of the molecule is N#[N+]C(C(=O)N1CCC(c2ccccc2)CC1)=C1C=CC(=S(=O)(O)F)C=C1. The first kappa shape index (κ1) is 19.0. The van der Waals surface area contributed by atoms with E-state index >= 15 is 0 Å². The number of benzene rings is 1. The zero-order chi connectivity index (χ0) is 19.4. The lowest BCUT2D eigenvalue weighted by molar-refractivity contribution is -0.127. The van der Waals surface area contributed by atoms with Crippen LogP contribution in [0.3, 0.4) is 0 Å². The second-order valence-corrected chi connectivity index (χ2v) is 7.80. The van der Waals surface area contributed by atoms with Gasteiger partial charge in [0.15, 0.2) is 4.98 Å². The van der Waals surface area contributed by atoms with Crippen molar-refractivity contribution < 1.29 is 17.4 Å². The van der Waals surface area contributed by atoms with Crippen LogP contribution in [0.5, 0.6) is 0 Å². The molecule has 0 spiro atoms. The standard InChI is InChI=1S/C19H18FN3O3S/c20-27(25,26)17-8-6-16(7-9-17)18(22-21)19(24)23-12-10-15(11-13-23)14-4-2-1-3-5-14/h1-9,15H,10-13H2/p+1. The molecule has 2 aliphatic rings. The topological polar surface area (TPSA) is 85.8 Å². The summed E-state index contributed by atoms with van der Waals surface area (Å²) >= 11 is 0. The Morgan fingerprint density at radius 3 is 2.26 bits per heavy atom. The first-order chi connectivity index (χ1) is 12.9. The third kappa shape index (κ3) is 4.32. The van der Waals surface area contributed by atoms with E-state index in [0.717, 1.165) is 25.0 Å². The highest BCUT2D eigenvalue weighted by Gasteiger charge is 2.34. The number of carbonyl (C=O) groups excluding carboxylic acids is 1. The Labute approximate surface area is 157 Å². The molecule has 0 aromatic heterocycles. The monoisotopic (exact) mass is 388 g/mol. The molecule has 1 N–H and O–H groups in total. The highest BCUT2D eigenvalue weighted by atomic mass is 32.3. The highest BCUT2D eigenvalue weighted by molar-refractivity contribution is 7.93. The van der Waals surface area contributed by atoms with Crippen molar-refractivity contribution in [3.63, 3.8) is 0 Å². The van der Waals surface area contributed by atoms with Crippen molar-refractivity contribution in [2.24, 2.45) is 0 Å². The molecular weight excluding hydrogens is 369 g/mol. The fraction of sp³-hybridized carbons (Fsp3) is 0.263. The summed E-state index contributed by atoms with van der Waals surface area (Å²) in [6.07, 6.45) is 6.38. The minimum atomic E-state index is -4.57. The lowest BCUT2D eigenvalue weighted by Crippen LogP contribution is -2.38. The van der Waals surface area contributed by atoms with Gasteiger partial charge in [0.05, 0.1) is 10.4 Å². The highest BCUT2D eigenvalue weighted by Crippen LogP contribution is 2.29. The lowest BCUT2D eigenvalue weighted by atomic mass is 9.89. The first-order valence-corrected chi connectivity index (χ1v) is 9.94. The molecule has 1 unspecified atom stereocenters. The maximum atomic E-state index is 13.1. The van der Waals surface area contributed by atoms with E-state index in [1.165, 1.54) is 17.7 Å².